The Bertz CT molecular complexity index is 1050. The van der Waals surface area contributed by atoms with E-state index in [0.717, 1.165) is 25.9 Å². The van der Waals surface area contributed by atoms with E-state index in [1.165, 1.54) is 28.7 Å². The van der Waals surface area contributed by atoms with E-state index in [0.29, 0.717) is 10.9 Å². The molecule has 4 rings (SSSR count). The van der Waals surface area contributed by atoms with Gasteiger partial charge in [-0.3, -0.25) is 4.79 Å². The van der Waals surface area contributed by atoms with Gasteiger partial charge in [-0.1, -0.05) is 59.4 Å². The lowest BCUT2D eigenvalue weighted by Crippen LogP contribution is -2.13. The molecule has 0 saturated carbocycles. The standard InChI is InChI=1S/C20H16N2OS2/c1-13-6-9-15(10-7-13)24-12-18(23)21-20-22-19-16-5-3-2-4-14(16)8-11-17(19)25-20/h2-11H,12H2,1H3,(H,21,22,23). The Labute approximate surface area is 154 Å². The molecular weight excluding hydrogens is 348 g/mol. The molecule has 0 aliphatic carbocycles. The molecule has 0 unspecified atom stereocenters. The topological polar surface area (TPSA) is 42.0 Å². The first kappa shape index (κ1) is 16.1. The Morgan fingerprint density at radius 3 is 2.72 bits per heavy atom. The molecule has 25 heavy (non-hydrogen) atoms. The molecular formula is C20H16N2OS2. The van der Waals surface area contributed by atoms with Gasteiger partial charge in [-0.05, 0) is 30.5 Å². The van der Waals surface area contributed by atoms with Gasteiger partial charge in [0.2, 0.25) is 5.91 Å². The fraction of sp³-hybridized carbons (Fsp3) is 0.100. The van der Waals surface area contributed by atoms with Crippen LogP contribution in [0.4, 0.5) is 5.13 Å². The molecule has 5 heteroatoms. The number of nitrogens with one attached hydrogen (secondary N) is 1. The van der Waals surface area contributed by atoms with Crippen molar-refractivity contribution in [2.45, 2.75) is 11.8 Å². The minimum atomic E-state index is -0.0334. The van der Waals surface area contributed by atoms with Gasteiger partial charge in [0, 0.05) is 10.3 Å². The van der Waals surface area contributed by atoms with Crippen molar-refractivity contribution in [2.75, 3.05) is 11.1 Å². The third-order valence-electron chi connectivity index (χ3n) is 3.92. The van der Waals surface area contributed by atoms with Crippen LogP contribution >= 0.6 is 23.1 Å². The van der Waals surface area contributed by atoms with E-state index in [1.54, 1.807) is 0 Å². The van der Waals surface area contributed by atoms with Gasteiger partial charge in [-0.2, -0.15) is 0 Å². The Balaban J connectivity index is 1.49. The second kappa shape index (κ2) is 6.86. The number of nitrogens with zero attached hydrogens (tertiary/aromatic N) is 1. The SMILES string of the molecule is Cc1ccc(SCC(=O)Nc2nc3c(ccc4ccccc43)s2)cc1. The number of hydrogen-bond acceptors (Lipinski definition) is 4. The van der Waals surface area contributed by atoms with Crippen LogP contribution in [-0.4, -0.2) is 16.6 Å². The van der Waals surface area contributed by atoms with Gasteiger partial charge in [0.25, 0.3) is 0 Å². The zero-order chi connectivity index (χ0) is 17.2. The van der Waals surface area contributed by atoms with Crippen LogP contribution in [-0.2, 0) is 4.79 Å². The lowest BCUT2D eigenvalue weighted by atomic mass is 10.1. The van der Waals surface area contributed by atoms with Crippen LogP contribution in [0.3, 0.4) is 0 Å². The number of fused-ring (bicyclic) bond motifs is 3. The van der Waals surface area contributed by atoms with E-state index in [-0.39, 0.29) is 5.91 Å². The number of benzene rings is 3. The largest absolute Gasteiger partial charge is 0.301 e. The molecule has 1 N–H and O–H groups in total. The highest BCUT2D eigenvalue weighted by atomic mass is 32.2. The van der Waals surface area contributed by atoms with Gasteiger partial charge in [0.1, 0.15) is 0 Å². The molecule has 0 saturated heterocycles. The smallest absolute Gasteiger partial charge is 0.236 e. The van der Waals surface area contributed by atoms with Gasteiger partial charge in [0.05, 0.1) is 16.0 Å². The van der Waals surface area contributed by atoms with Crippen molar-refractivity contribution in [3.8, 4) is 0 Å². The van der Waals surface area contributed by atoms with Crippen molar-refractivity contribution in [1.82, 2.24) is 4.98 Å². The zero-order valence-corrected chi connectivity index (χ0v) is 15.3. The van der Waals surface area contributed by atoms with Crippen LogP contribution in [0.1, 0.15) is 5.56 Å². The molecule has 1 amide bonds. The minimum Gasteiger partial charge on any atom is -0.301 e. The predicted molar refractivity (Wildman–Crippen MR) is 108 cm³/mol. The number of carbonyl (C=O) groups excluding carboxylic acids is 1. The second-order valence-corrected chi connectivity index (χ2v) is 7.88. The summed E-state index contributed by atoms with van der Waals surface area (Å²) < 4.78 is 1.08. The third-order valence-corrected chi connectivity index (χ3v) is 5.87. The monoisotopic (exact) mass is 364 g/mol. The molecule has 0 spiro atoms. The van der Waals surface area contributed by atoms with E-state index in [2.05, 4.69) is 53.6 Å². The molecule has 0 atom stereocenters. The molecule has 0 aliphatic rings. The first-order valence-electron chi connectivity index (χ1n) is 7.97. The quantitative estimate of drug-likeness (QED) is 0.487. The molecule has 3 nitrogen and oxygen atoms in total. The number of rotatable bonds is 4. The van der Waals surface area contributed by atoms with Gasteiger partial charge in [-0.25, -0.2) is 4.98 Å². The first-order valence-corrected chi connectivity index (χ1v) is 9.77. The molecule has 0 aliphatic heterocycles. The maximum absolute atomic E-state index is 12.2. The number of carbonyl (C=O) groups is 1. The van der Waals surface area contributed by atoms with Crippen LogP contribution in [0.5, 0.6) is 0 Å². The fourth-order valence-electron chi connectivity index (χ4n) is 2.65. The summed E-state index contributed by atoms with van der Waals surface area (Å²) in [6, 6.07) is 20.5. The minimum absolute atomic E-state index is 0.0334. The Morgan fingerprint density at radius 1 is 1.08 bits per heavy atom. The normalized spacial score (nSPS) is 11.1. The van der Waals surface area contributed by atoms with Gasteiger partial charge in [-0.15, -0.1) is 11.8 Å². The van der Waals surface area contributed by atoms with E-state index >= 15 is 0 Å². The van der Waals surface area contributed by atoms with Crippen molar-refractivity contribution >= 4 is 55.1 Å². The highest BCUT2D eigenvalue weighted by molar-refractivity contribution is 8.00. The number of aromatic nitrogens is 1. The molecule has 4 aromatic rings. The number of anilines is 1. The molecule has 1 heterocycles. The van der Waals surface area contributed by atoms with Crippen molar-refractivity contribution in [3.63, 3.8) is 0 Å². The van der Waals surface area contributed by atoms with Crippen molar-refractivity contribution in [1.29, 1.82) is 0 Å². The average molecular weight is 364 g/mol. The number of thioether (sulfide) groups is 1. The van der Waals surface area contributed by atoms with Gasteiger partial charge in [0.15, 0.2) is 5.13 Å². The molecule has 0 radical (unpaired) electrons. The average Bonchev–Trinajstić information content (AvgIpc) is 3.04. The number of amides is 1. The Morgan fingerprint density at radius 2 is 1.88 bits per heavy atom. The van der Waals surface area contributed by atoms with Crippen LogP contribution in [0.25, 0.3) is 21.0 Å². The lowest BCUT2D eigenvalue weighted by molar-refractivity contribution is -0.113. The molecule has 3 aromatic carbocycles. The van der Waals surface area contributed by atoms with Crippen LogP contribution < -0.4 is 5.32 Å². The number of hydrogen-bond donors (Lipinski definition) is 1. The van der Waals surface area contributed by atoms with E-state index in [1.807, 2.05) is 24.3 Å². The second-order valence-electron chi connectivity index (χ2n) is 5.80. The van der Waals surface area contributed by atoms with Crippen molar-refractivity contribution in [3.05, 3.63) is 66.2 Å². The Kier molecular flexibility index (Phi) is 4.42. The van der Waals surface area contributed by atoms with Gasteiger partial charge >= 0.3 is 0 Å². The summed E-state index contributed by atoms with van der Waals surface area (Å²) in [7, 11) is 0. The Hall–Kier alpha value is -2.37. The number of thiazole rings is 1. The van der Waals surface area contributed by atoms with Gasteiger partial charge < -0.3 is 5.32 Å². The lowest BCUT2D eigenvalue weighted by Gasteiger charge is -2.02. The highest BCUT2D eigenvalue weighted by Gasteiger charge is 2.10. The van der Waals surface area contributed by atoms with Crippen molar-refractivity contribution in [2.24, 2.45) is 0 Å². The van der Waals surface area contributed by atoms with E-state index < -0.39 is 0 Å². The summed E-state index contributed by atoms with van der Waals surface area (Å²) in [5, 5.41) is 5.86. The zero-order valence-electron chi connectivity index (χ0n) is 13.7. The summed E-state index contributed by atoms with van der Waals surface area (Å²) >= 11 is 3.04. The fourth-order valence-corrected chi connectivity index (χ4v) is 4.25. The molecule has 0 bridgehead atoms. The van der Waals surface area contributed by atoms with E-state index in [4.69, 9.17) is 0 Å². The summed E-state index contributed by atoms with van der Waals surface area (Å²) in [5.41, 5.74) is 2.17. The predicted octanol–water partition coefficient (Wildman–Crippen LogP) is 5.49. The maximum atomic E-state index is 12.2. The van der Waals surface area contributed by atoms with Crippen LogP contribution in [0.15, 0.2) is 65.6 Å². The summed E-state index contributed by atoms with van der Waals surface area (Å²) in [6.07, 6.45) is 0. The summed E-state index contributed by atoms with van der Waals surface area (Å²) in [5.74, 6) is 0.341. The summed E-state index contributed by atoms with van der Waals surface area (Å²) in [6.45, 7) is 2.05. The highest BCUT2D eigenvalue weighted by Crippen LogP contribution is 2.31. The van der Waals surface area contributed by atoms with Crippen LogP contribution in [0.2, 0.25) is 0 Å². The third kappa shape index (κ3) is 3.52. The molecule has 1 aromatic heterocycles. The van der Waals surface area contributed by atoms with Crippen molar-refractivity contribution < 1.29 is 4.79 Å². The summed E-state index contributed by atoms with van der Waals surface area (Å²) in [4.78, 5) is 17.9. The molecule has 124 valence electrons. The van der Waals surface area contributed by atoms with E-state index in [9.17, 15) is 4.79 Å². The maximum Gasteiger partial charge on any atom is 0.236 e. The molecule has 0 fully saturated rings. The first-order chi connectivity index (χ1) is 12.2. The number of aryl methyl sites for hydroxylation is 1. The van der Waals surface area contributed by atoms with Crippen LogP contribution in [0, 0.1) is 6.92 Å².